The molecule has 0 aliphatic rings. The van der Waals surface area contributed by atoms with E-state index in [0.717, 1.165) is 30.2 Å². The zero-order valence-electron chi connectivity index (χ0n) is 8.01. The second kappa shape index (κ2) is 5.45. The minimum atomic E-state index is 0.286. The molecule has 1 unspecified atom stereocenters. The Labute approximate surface area is 88.3 Å². The highest BCUT2D eigenvalue weighted by Crippen LogP contribution is 2.15. The van der Waals surface area contributed by atoms with Crippen molar-refractivity contribution in [3.63, 3.8) is 0 Å². The number of aryl methyl sites for hydroxylation is 1. The largest absolute Gasteiger partial charge is 0.361 e. The Morgan fingerprint density at radius 2 is 2.46 bits per heavy atom. The van der Waals surface area contributed by atoms with Gasteiger partial charge >= 0.3 is 0 Å². The van der Waals surface area contributed by atoms with Gasteiger partial charge in [-0.05, 0) is 19.8 Å². The van der Waals surface area contributed by atoms with E-state index in [1.54, 1.807) is 11.3 Å². The smallest absolute Gasteiger partial charge is 0.182 e. The summed E-state index contributed by atoms with van der Waals surface area (Å²) in [5, 5.41) is 6.58. The fourth-order valence-corrected chi connectivity index (χ4v) is 1.80. The molecule has 0 bridgehead atoms. The van der Waals surface area contributed by atoms with E-state index in [1.165, 1.54) is 0 Å². The summed E-state index contributed by atoms with van der Waals surface area (Å²) in [7, 11) is 0. The van der Waals surface area contributed by atoms with Gasteiger partial charge in [-0.25, -0.2) is 4.98 Å². The molecule has 1 aromatic heterocycles. The van der Waals surface area contributed by atoms with Crippen LogP contribution in [0.25, 0.3) is 0 Å². The number of rotatable bonds is 5. The van der Waals surface area contributed by atoms with E-state index >= 15 is 0 Å². The molecule has 0 saturated carbocycles. The monoisotopic (exact) mass is 218 g/mol. The van der Waals surface area contributed by atoms with Gasteiger partial charge in [0.1, 0.15) is 0 Å². The molecule has 74 valence electrons. The van der Waals surface area contributed by atoms with Crippen LogP contribution < -0.4 is 5.32 Å². The number of hydrogen-bond acceptors (Lipinski definition) is 3. The molecule has 0 spiro atoms. The third-order valence-electron chi connectivity index (χ3n) is 1.80. The number of anilines is 1. The van der Waals surface area contributed by atoms with Crippen LogP contribution in [0, 0.1) is 6.92 Å². The highest BCUT2D eigenvalue weighted by molar-refractivity contribution is 7.13. The molecule has 1 atom stereocenters. The summed E-state index contributed by atoms with van der Waals surface area (Å²) in [6.45, 7) is 5.01. The lowest BCUT2D eigenvalue weighted by Crippen LogP contribution is -2.07. The first-order valence-corrected chi connectivity index (χ1v) is 5.84. The van der Waals surface area contributed by atoms with Crippen LogP contribution in [0.5, 0.6) is 0 Å². The minimum absolute atomic E-state index is 0.286. The molecule has 0 radical (unpaired) electrons. The average molecular weight is 219 g/mol. The normalized spacial score (nSPS) is 12.8. The van der Waals surface area contributed by atoms with E-state index in [9.17, 15) is 0 Å². The van der Waals surface area contributed by atoms with Crippen molar-refractivity contribution in [3.05, 3.63) is 11.1 Å². The summed E-state index contributed by atoms with van der Waals surface area (Å²) < 4.78 is 0. The van der Waals surface area contributed by atoms with Gasteiger partial charge in [0.05, 0.1) is 5.69 Å². The van der Waals surface area contributed by atoms with E-state index < -0.39 is 0 Å². The van der Waals surface area contributed by atoms with Gasteiger partial charge in [0.2, 0.25) is 0 Å². The first kappa shape index (κ1) is 10.8. The number of halogens is 1. The van der Waals surface area contributed by atoms with Crippen LogP contribution in [-0.4, -0.2) is 16.9 Å². The Morgan fingerprint density at radius 3 is 3.00 bits per heavy atom. The van der Waals surface area contributed by atoms with Crippen LogP contribution >= 0.6 is 22.9 Å². The van der Waals surface area contributed by atoms with E-state index in [-0.39, 0.29) is 5.38 Å². The second-order valence-corrected chi connectivity index (χ2v) is 4.49. The summed E-state index contributed by atoms with van der Waals surface area (Å²) in [5.74, 6) is 0. The fourth-order valence-electron chi connectivity index (χ4n) is 0.975. The van der Waals surface area contributed by atoms with Crippen LogP contribution in [-0.2, 0) is 0 Å². The standard InChI is InChI=1S/C9H15ClN2S/c1-3-8(10)4-5-11-9-12-7(2)6-13-9/h6,8H,3-5H2,1-2H3,(H,11,12). The van der Waals surface area contributed by atoms with Crippen LogP contribution in [0.2, 0.25) is 0 Å². The van der Waals surface area contributed by atoms with Crippen molar-refractivity contribution in [2.75, 3.05) is 11.9 Å². The predicted octanol–water partition coefficient (Wildman–Crippen LogP) is 3.27. The Morgan fingerprint density at radius 1 is 1.69 bits per heavy atom. The molecule has 0 fully saturated rings. The van der Waals surface area contributed by atoms with Crippen molar-refractivity contribution in [3.8, 4) is 0 Å². The summed E-state index contributed by atoms with van der Waals surface area (Å²) >= 11 is 7.62. The highest BCUT2D eigenvalue weighted by Gasteiger charge is 2.01. The summed E-state index contributed by atoms with van der Waals surface area (Å²) in [5.41, 5.74) is 1.07. The average Bonchev–Trinajstić information content (AvgIpc) is 2.51. The number of thiazole rings is 1. The molecule has 0 saturated heterocycles. The Bertz CT molecular complexity index is 250. The third-order valence-corrected chi connectivity index (χ3v) is 3.24. The molecule has 1 heterocycles. The number of alkyl halides is 1. The summed E-state index contributed by atoms with van der Waals surface area (Å²) in [4.78, 5) is 4.30. The van der Waals surface area contributed by atoms with Crippen molar-refractivity contribution >= 4 is 28.1 Å². The molecule has 1 N–H and O–H groups in total. The van der Waals surface area contributed by atoms with E-state index in [1.807, 2.05) is 12.3 Å². The van der Waals surface area contributed by atoms with Gasteiger partial charge in [0.15, 0.2) is 5.13 Å². The van der Waals surface area contributed by atoms with Gasteiger partial charge in [0.25, 0.3) is 0 Å². The van der Waals surface area contributed by atoms with Crippen LogP contribution in [0.3, 0.4) is 0 Å². The van der Waals surface area contributed by atoms with Crippen molar-refractivity contribution in [1.82, 2.24) is 4.98 Å². The maximum atomic E-state index is 5.98. The quantitative estimate of drug-likeness (QED) is 0.768. The number of aromatic nitrogens is 1. The molecule has 1 aromatic rings. The number of nitrogens with zero attached hydrogens (tertiary/aromatic N) is 1. The minimum Gasteiger partial charge on any atom is -0.361 e. The number of nitrogens with one attached hydrogen (secondary N) is 1. The van der Waals surface area contributed by atoms with Crippen LogP contribution in [0.1, 0.15) is 25.5 Å². The van der Waals surface area contributed by atoms with Crippen molar-refractivity contribution in [2.24, 2.45) is 0 Å². The van der Waals surface area contributed by atoms with Gasteiger partial charge in [-0.3, -0.25) is 0 Å². The predicted molar refractivity (Wildman–Crippen MR) is 59.9 cm³/mol. The van der Waals surface area contributed by atoms with Crippen LogP contribution in [0.15, 0.2) is 5.38 Å². The van der Waals surface area contributed by atoms with Crippen LogP contribution in [0.4, 0.5) is 5.13 Å². The second-order valence-electron chi connectivity index (χ2n) is 3.02. The SMILES string of the molecule is CCC(Cl)CCNc1nc(C)cs1. The van der Waals surface area contributed by atoms with Gasteiger partial charge in [0, 0.05) is 17.3 Å². The summed E-state index contributed by atoms with van der Waals surface area (Å²) in [6.07, 6.45) is 2.02. The number of hydrogen-bond donors (Lipinski definition) is 1. The fraction of sp³-hybridized carbons (Fsp3) is 0.667. The highest BCUT2D eigenvalue weighted by atomic mass is 35.5. The maximum absolute atomic E-state index is 5.98. The first-order chi connectivity index (χ1) is 6.22. The first-order valence-electron chi connectivity index (χ1n) is 4.52. The lowest BCUT2D eigenvalue weighted by Gasteiger charge is -2.05. The van der Waals surface area contributed by atoms with E-state index in [2.05, 4.69) is 17.2 Å². The Kier molecular flexibility index (Phi) is 4.53. The van der Waals surface area contributed by atoms with Gasteiger partial charge < -0.3 is 5.32 Å². The van der Waals surface area contributed by atoms with Gasteiger partial charge in [-0.15, -0.1) is 22.9 Å². The zero-order chi connectivity index (χ0) is 9.68. The van der Waals surface area contributed by atoms with Gasteiger partial charge in [-0.1, -0.05) is 6.92 Å². The molecule has 1 rings (SSSR count). The third kappa shape index (κ3) is 3.96. The Hall–Kier alpha value is -0.280. The molecular weight excluding hydrogens is 204 g/mol. The van der Waals surface area contributed by atoms with Crippen molar-refractivity contribution in [1.29, 1.82) is 0 Å². The Balaban J connectivity index is 2.20. The summed E-state index contributed by atoms with van der Waals surface area (Å²) in [6, 6.07) is 0. The molecule has 0 aliphatic carbocycles. The zero-order valence-corrected chi connectivity index (χ0v) is 9.58. The molecule has 13 heavy (non-hydrogen) atoms. The lowest BCUT2D eigenvalue weighted by atomic mass is 10.2. The van der Waals surface area contributed by atoms with Crippen molar-refractivity contribution in [2.45, 2.75) is 32.1 Å². The van der Waals surface area contributed by atoms with E-state index in [0.29, 0.717) is 0 Å². The van der Waals surface area contributed by atoms with E-state index in [4.69, 9.17) is 11.6 Å². The molecule has 0 aromatic carbocycles. The maximum Gasteiger partial charge on any atom is 0.182 e. The lowest BCUT2D eigenvalue weighted by molar-refractivity contribution is 0.753. The topological polar surface area (TPSA) is 24.9 Å². The molecule has 0 amide bonds. The molecule has 4 heteroatoms. The molecule has 0 aliphatic heterocycles. The molecular formula is C9H15ClN2S. The van der Waals surface area contributed by atoms with Crippen molar-refractivity contribution < 1.29 is 0 Å². The van der Waals surface area contributed by atoms with Gasteiger partial charge in [-0.2, -0.15) is 0 Å². The molecule has 2 nitrogen and oxygen atoms in total.